The molecule has 1 rings (SSSR count). The second kappa shape index (κ2) is 4.50. The van der Waals surface area contributed by atoms with E-state index in [1.165, 1.54) is 18.2 Å². The van der Waals surface area contributed by atoms with Gasteiger partial charge in [0, 0.05) is 6.54 Å². The molecule has 0 radical (unpaired) electrons. The van der Waals surface area contributed by atoms with Gasteiger partial charge in [-0.3, -0.25) is 0 Å². The molecule has 16 heavy (non-hydrogen) atoms. The average molecular weight is 264 g/mol. The molecule has 0 aromatic heterocycles. The maximum Gasteiger partial charge on any atom is 0.238 e. The molecule has 0 aliphatic carbocycles. The number of nitrogens with one attached hydrogen (secondary N) is 1. The Morgan fingerprint density at radius 2 is 1.88 bits per heavy atom. The Labute approximate surface area is 94.6 Å². The van der Waals surface area contributed by atoms with Crippen molar-refractivity contribution < 1.29 is 16.8 Å². The predicted molar refractivity (Wildman–Crippen MR) is 59.5 cm³/mol. The van der Waals surface area contributed by atoms with Gasteiger partial charge < -0.3 is 0 Å². The third-order valence-corrected chi connectivity index (χ3v) is 3.35. The van der Waals surface area contributed by atoms with Crippen molar-refractivity contribution in [3.63, 3.8) is 0 Å². The van der Waals surface area contributed by atoms with Gasteiger partial charge in [-0.1, -0.05) is 12.1 Å². The van der Waals surface area contributed by atoms with Crippen LogP contribution in [0.4, 0.5) is 0 Å². The van der Waals surface area contributed by atoms with Crippen LogP contribution in [0.15, 0.2) is 29.2 Å². The molecule has 0 fully saturated rings. The van der Waals surface area contributed by atoms with E-state index in [0.717, 1.165) is 6.26 Å². The first-order valence-electron chi connectivity index (χ1n) is 4.25. The molecule has 90 valence electrons. The van der Waals surface area contributed by atoms with Crippen LogP contribution in [-0.2, 0) is 26.6 Å². The maximum absolute atomic E-state index is 11.0. The van der Waals surface area contributed by atoms with Gasteiger partial charge >= 0.3 is 0 Å². The summed E-state index contributed by atoms with van der Waals surface area (Å²) < 4.78 is 46.0. The van der Waals surface area contributed by atoms with E-state index in [1.807, 2.05) is 0 Å². The number of hydrogen-bond acceptors (Lipinski definition) is 4. The van der Waals surface area contributed by atoms with Gasteiger partial charge in [0.05, 0.1) is 11.2 Å². The minimum atomic E-state index is -3.76. The zero-order valence-electron chi connectivity index (χ0n) is 8.54. The molecule has 3 N–H and O–H groups in total. The van der Waals surface area contributed by atoms with Crippen LogP contribution in [0, 0.1) is 0 Å². The third kappa shape index (κ3) is 4.27. The molecule has 0 unspecified atom stereocenters. The predicted octanol–water partition coefficient (Wildman–Crippen LogP) is -0.617. The fourth-order valence-corrected chi connectivity index (χ4v) is 2.06. The number of hydrogen-bond donors (Lipinski definition) is 2. The van der Waals surface area contributed by atoms with E-state index < -0.39 is 20.0 Å². The number of sulfonamides is 2. The van der Waals surface area contributed by atoms with Crippen molar-refractivity contribution >= 4 is 20.0 Å². The zero-order chi connectivity index (χ0) is 12.4. The molecular formula is C8H12N2O4S2. The summed E-state index contributed by atoms with van der Waals surface area (Å²) in [7, 11) is -7.06. The van der Waals surface area contributed by atoms with E-state index in [9.17, 15) is 16.8 Å². The quantitative estimate of drug-likeness (QED) is 0.756. The number of benzene rings is 1. The lowest BCUT2D eigenvalue weighted by Gasteiger charge is -2.04. The normalized spacial score (nSPS) is 12.6. The van der Waals surface area contributed by atoms with Crippen molar-refractivity contribution in [3.8, 4) is 0 Å². The lowest BCUT2D eigenvalue weighted by atomic mass is 10.2. The second-order valence-corrected chi connectivity index (χ2v) is 6.68. The van der Waals surface area contributed by atoms with Gasteiger partial charge in [-0.05, 0) is 17.7 Å². The van der Waals surface area contributed by atoms with Crippen molar-refractivity contribution in [2.24, 2.45) is 5.14 Å². The summed E-state index contributed by atoms with van der Waals surface area (Å²) in [5, 5.41) is 4.94. The van der Waals surface area contributed by atoms with Crippen LogP contribution in [0.1, 0.15) is 5.56 Å². The smallest absolute Gasteiger partial charge is 0.225 e. The van der Waals surface area contributed by atoms with Crippen LogP contribution in [-0.4, -0.2) is 23.1 Å². The Kier molecular flexibility index (Phi) is 3.68. The highest BCUT2D eigenvalue weighted by Crippen LogP contribution is 2.09. The highest BCUT2D eigenvalue weighted by atomic mass is 32.2. The molecule has 6 nitrogen and oxygen atoms in total. The Morgan fingerprint density at radius 1 is 1.25 bits per heavy atom. The first-order valence-corrected chi connectivity index (χ1v) is 7.69. The van der Waals surface area contributed by atoms with E-state index in [4.69, 9.17) is 5.14 Å². The average Bonchev–Trinajstić information content (AvgIpc) is 2.13. The number of primary sulfonamides is 1. The minimum absolute atomic E-state index is 0.0300. The molecule has 0 bridgehead atoms. The lowest BCUT2D eigenvalue weighted by Crippen LogP contribution is -2.21. The Hall–Kier alpha value is -0.960. The van der Waals surface area contributed by atoms with Crippen molar-refractivity contribution in [2.45, 2.75) is 11.4 Å². The van der Waals surface area contributed by atoms with Gasteiger partial charge in [0.2, 0.25) is 20.0 Å². The Balaban J connectivity index is 2.92. The highest BCUT2D eigenvalue weighted by Gasteiger charge is 2.08. The van der Waals surface area contributed by atoms with Crippen molar-refractivity contribution in [1.29, 1.82) is 0 Å². The largest absolute Gasteiger partial charge is 0.238 e. The fourth-order valence-electron chi connectivity index (χ4n) is 1.05. The van der Waals surface area contributed by atoms with Gasteiger partial charge in [-0.25, -0.2) is 26.7 Å². The van der Waals surface area contributed by atoms with Crippen LogP contribution >= 0.6 is 0 Å². The molecule has 0 saturated heterocycles. The standard InChI is InChI=1S/C8H12N2O4S2/c1-15(11,12)10-6-7-3-2-4-8(5-7)16(9,13)14/h2-5,10H,6H2,1H3,(H2,9,13,14). The molecule has 1 aromatic carbocycles. The Bertz CT molecular complexity index is 578. The van der Waals surface area contributed by atoms with E-state index in [1.54, 1.807) is 6.07 Å². The van der Waals surface area contributed by atoms with Crippen LogP contribution in [0.2, 0.25) is 0 Å². The van der Waals surface area contributed by atoms with Gasteiger partial charge in [0.1, 0.15) is 0 Å². The van der Waals surface area contributed by atoms with Crippen LogP contribution in [0.25, 0.3) is 0 Å². The minimum Gasteiger partial charge on any atom is -0.225 e. The molecule has 0 aliphatic rings. The molecule has 0 aliphatic heterocycles. The summed E-state index contributed by atoms with van der Waals surface area (Å²) in [6.07, 6.45) is 1.02. The summed E-state index contributed by atoms with van der Waals surface area (Å²) in [5.41, 5.74) is 0.525. The van der Waals surface area contributed by atoms with E-state index in [0.29, 0.717) is 5.56 Å². The van der Waals surface area contributed by atoms with Crippen LogP contribution in [0.5, 0.6) is 0 Å². The summed E-state index contributed by atoms with van der Waals surface area (Å²) in [4.78, 5) is -0.0414. The SMILES string of the molecule is CS(=O)(=O)NCc1cccc(S(N)(=O)=O)c1. The molecule has 0 spiro atoms. The van der Waals surface area contributed by atoms with E-state index >= 15 is 0 Å². The van der Waals surface area contributed by atoms with Crippen LogP contribution in [0.3, 0.4) is 0 Å². The van der Waals surface area contributed by atoms with Crippen molar-refractivity contribution in [1.82, 2.24) is 4.72 Å². The Morgan fingerprint density at radius 3 is 2.38 bits per heavy atom. The molecule has 8 heteroatoms. The molecule has 0 amide bonds. The molecular weight excluding hydrogens is 252 g/mol. The van der Waals surface area contributed by atoms with Crippen LogP contribution < -0.4 is 9.86 Å². The molecule has 0 atom stereocenters. The van der Waals surface area contributed by atoms with Gasteiger partial charge in [0.15, 0.2) is 0 Å². The number of rotatable bonds is 4. The number of nitrogens with two attached hydrogens (primary N) is 1. The zero-order valence-corrected chi connectivity index (χ0v) is 10.2. The van der Waals surface area contributed by atoms with Gasteiger partial charge in [-0.2, -0.15) is 0 Å². The highest BCUT2D eigenvalue weighted by molar-refractivity contribution is 7.89. The lowest BCUT2D eigenvalue weighted by molar-refractivity contribution is 0.587. The monoisotopic (exact) mass is 264 g/mol. The fraction of sp³-hybridized carbons (Fsp3) is 0.250. The van der Waals surface area contributed by atoms with Gasteiger partial charge in [-0.15, -0.1) is 0 Å². The molecule has 0 saturated carbocycles. The molecule has 1 aromatic rings. The first kappa shape index (κ1) is 13.1. The molecule has 0 heterocycles. The topological polar surface area (TPSA) is 106 Å². The van der Waals surface area contributed by atoms with Crippen molar-refractivity contribution in [2.75, 3.05) is 6.26 Å². The van der Waals surface area contributed by atoms with Gasteiger partial charge in [0.25, 0.3) is 0 Å². The summed E-state index contributed by atoms with van der Waals surface area (Å²) in [6, 6.07) is 5.78. The summed E-state index contributed by atoms with van der Waals surface area (Å²) >= 11 is 0. The summed E-state index contributed by atoms with van der Waals surface area (Å²) in [5.74, 6) is 0. The maximum atomic E-state index is 11.0. The van der Waals surface area contributed by atoms with E-state index in [2.05, 4.69) is 4.72 Å². The van der Waals surface area contributed by atoms with E-state index in [-0.39, 0.29) is 11.4 Å². The first-order chi connectivity index (χ1) is 7.18. The van der Waals surface area contributed by atoms with Crippen molar-refractivity contribution in [3.05, 3.63) is 29.8 Å². The second-order valence-electron chi connectivity index (χ2n) is 3.29. The third-order valence-electron chi connectivity index (χ3n) is 1.77. The summed E-state index contributed by atoms with van der Waals surface area (Å²) in [6.45, 7) is 0.0300.